The van der Waals surface area contributed by atoms with Gasteiger partial charge in [-0.05, 0) is 27.7 Å². The molecule has 0 heterocycles. The number of nitrogens with zero attached hydrogens (tertiary/aromatic N) is 1. The Labute approximate surface area is 85.1 Å². The maximum Gasteiger partial charge on any atom is 0.253 e. The van der Waals surface area contributed by atoms with Crippen molar-refractivity contribution in [2.45, 2.75) is 39.8 Å². The highest BCUT2D eigenvalue weighted by Gasteiger charge is 2.18. The highest BCUT2D eigenvalue weighted by atomic mass is 32.7. The predicted molar refractivity (Wildman–Crippen MR) is 60.3 cm³/mol. The molecule has 0 rings (SSSR count). The number of hydrogen-bond acceptors (Lipinski definition) is 3. The average molecular weight is 225 g/mol. The van der Waals surface area contributed by atoms with Crippen molar-refractivity contribution < 1.29 is 9.46 Å². The standard InChI is InChI=1S/C8H20NO2PS/c1-7(2)9(8(3)4)6-13-12(5,10)11/h7-8H,6H2,1-5H3,(H,10,11). The average Bonchev–Trinajstić information content (AvgIpc) is 1.82. The fourth-order valence-corrected chi connectivity index (χ4v) is 3.05. The van der Waals surface area contributed by atoms with Crippen molar-refractivity contribution in [2.75, 3.05) is 12.5 Å². The Morgan fingerprint density at radius 2 is 1.69 bits per heavy atom. The summed E-state index contributed by atoms with van der Waals surface area (Å²) < 4.78 is 11.1. The van der Waals surface area contributed by atoms with Gasteiger partial charge in [0.1, 0.15) is 0 Å². The third kappa shape index (κ3) is 6.55. The van der Waals surface area contributed by atoms with E-state index in [0.29, 0.717) is 18.0 Å². The summed E-state index contributed by atoms with van der Waals surface area (Å²) in [4.78, 5) is 11.3. The van der Waals surface area contributed by atoms with Crippen LogP contribution in [0.25, 0.3) is 0 Å². The Balaban J connectivity index is 4.06. The third-order valence-electron chi connectivity index (χ3n) is 1.77. The molecule has 0 spiro atoms. The molecule has 1 atom stereocenters. The highest BCUT2D eigenvalue weighted by molar-refractivity contribution is 8.56. The first-order valence-corrected chi connectivity index (χ1v) is 8.14. The van der Waals surface area contributed by atoms with Gasteiger partial charge in [-0.3, -0.25) is 9.46 Å². The van der Waals surface area contributed by atoms with E-state index in [9.17, 15) is 4.57 Å². The Bertz CT molecular complexity index is 183. The van der Waals surface area contributed by atoms with Crippen LogP contribution >= 0.6 is 18.0 Å². The van der Waals surface area contributed by atoms with Gasteiger partial charge in [-0.25, -0.2) is 0 Å². The van der Waals surface area contributed by atoms with E-state index in [0.717, 1.165) is 11.4 Å². The first kappa shape index (κ1) is 13.5. The smallest absolute Gasteiger partial charge is 0.253 e. The molecule has 3 nitrogen and oxygen atoms in total. The lowest BCUT2D eigenvalue weighted by molar-refractivity contribution is 0.211. The van der Waals surface area contributed by atoms with Crippen LogP contribution in [-0.4, -0.2) is 34.4 Å². The van der Waals surface area contributed by atoms with Gasteiger partial charge in [-0.2, -0.15) is 0 Å². The summed E-state index contributed by atoms with van der Waals surface area (Å²) in [6.07, 6.45) is 0. The van der Waals surface area contributed by atoms with Crippen molar-refractivity contribution in [2.24, 2.45) is 0 Å². The maximum absolute atomic E-state index is 11.1. The Hall–Kier alpha value is 0.500. The van der Waals surface area contributed by atoms with Gasteiger partial charge < -0.3 is 4.89 Å². The van der Waals surface area contributed by atoms with Gasteiger partial charge in [0, 0.05) is 18.7 Å². The molecule has 0 aromatic carbocycles. The predicted octanol–water partition coefficient (Wildman–Crippen LogP) is 2.61. The topological polar surface area (TPSA) is 40.5 Å². The van der Waals surface area contributed by atoms with Crippen LogP contribution in [0.5, 0.6) is 0 Å². The quantitative estimate of drug-likeness (QED) is 0.576. The second kappa shape index (κ2) is 5.40. The molecule has 13 heavy (non-hydrogen) atoms. The van der Waals surface area contributed by atoms with Crippen molar-refractivity contribution in [3.05, 3.63) is 0 Å². The fraction of sp³-hybridized carbons (Fsp3) is 1.00. The molecule has 0 aliphatic rings. The van der Waals surface area contributed by atoms with E-state index in [1.165, 1.54) is 6.66 Å². The van der Waals surface area contributed by atoms with Gasteiger partial charge in [0.05, 0.1) is 5.88 Å². The van der Waals surface area contributed by atoms with Gasteiger partial charge >= 0.3 is 0 Å². The summed E-state index contributed by atoms with van der Waals surface area (Å²) in [5, 5.41) is 0. The first-order chi connectivity index (χ1) is 5.74. The molecule has 0 aliphatic heterocycles. The molecule has 1 unspecified atom stereocenters. The van der Waals surface area contributed by atoms with Crippen molar-refractivity contribution in [3.63, 3.8) is 0 Å². The summed E-state index contributed by atoms with van der Waals surface area (Å²) in [5.74, 6) is 0.625. The highest BCUT2D eigenvalue weighted by Crippen LogP contribution is 2.51. The summed E-state index contributed by atoms with van der Waals surface area (Å²) in [7, 11) is 0. The fourth-order valence-electron chi connectivity index (χ4n) is 1.07. The first-order valence-electron chi connectivity index (χ1n) is 4.44. The lowest BCUT2D eigenvalue weighted by Gasteiger charge is -2.30. The van der Waals surface area contributed by atoms with Crippen molar-refractivity contribution in [1.82, 2.24) is 4.90 Å². The van der Waals surface area contributed by atoms with E-state index >= 15 is 0 Å². The zero-order valence-corrected chi connectivity index (χ0v) is 10.7. The van der Waals surface area contributed by atoms with Gasteiger partial charge in [0.25, 0.3) is 6.57 Å². The lowest BCUT2D eigenvalue weighted by atomic mass is 10.2. The van der Waals surface area contributed by atoms with Gasteiger partial charge in [-0.1, -0.05) is 11.4 Å². The van der Waals surface area contributed by atoms with Crippen LogP contribution in [0.3, 0.4) is 0 Å². The largest absolute Gasteiger partial charge is 0.337 e. The molecular formula is C8H20NO2PS. The van der Waals surface area contributed by atoms with Crippen LogP contribution < -0.4 is 0 Å². The number of hydrogen-bond donors (Lipinski definition) is 1. The van der Waals surface area contributed by atoms with E-state index in [1.54, 1.807) is 0 Å². The van der Waals surface area contributed by atoms with Gasteiger partial charge in [0.2, 0.25) is 0 Å². The second-order valence-electron chi connectivity index (χ2n) is 3.76. The minimum Gasteiger partial charge on any atom is -0.337 e. The Morgan fingerprint density at radius 3 is 1.92 bits per heavy atom. The molecule has 0 aromatic heterocycles. The van der Waals surface area contributed by atoms with E-state index in [-0.39, 0.29) is 0 Å². The van der Waals surface area contributed by atoms with E-state index in [1.807, 2.05) is 0 Å². The molecule has 0 bridgehead atoms. The molecule has 1 N–H and O–H groups in total. The molecule has 0 saturated heterocycles. The van der Waals surface area contributed by atoms with Crippen LogP contribution in [0, 0.1) is 0 Å². The lowest BCUT2D eigenvalue weighted by Crippen LogP contribution is -2.36. The second-order valence-corrected chi connectivity index (χ2v) is 8.69. The van der Waals surface area contributed by atoms with E-state index in [2.05, 4.69) is 32.6 Å². The summed E-state index contributed by atoms with van der Waals surface area (Å²) in [5.41, 5.74) is 0. The maximum atomic E-state index is 11.1. The monoisotopic (exact) mass is 225 g/mol. The van der Waals surface area contributed by atoms with Crippen molar-refractivity contribution in [3.8, 4) is 0 Å². The Morgan fingerprint density at radius 1 is 1.31 bits per heavy atom. The van der Waals surface area contributed by atoms with E-state index < -0.39 is 6.57 Å². The minimum absolute atomic E-state index is 0.416. The molecule has 0 aromatic rings. The molecule has 80 valence electrons. The molecule has 0 amide bonds. The summed E-state index contributed by atoms with van der Waals surface area (Å²) >= 11 is 1.14. The minimum atomic E-state index is -2.92. The van der Waals surface area contributed by atoms with Crippen LogP contribution in [0.15, 0.2) is 0 Å². The summed E-state index contributed by atoms with van der Waals surface area (Å²) in [6.45, 7) is 6.84. The van der Waals surface area contributed by atoms with Crippen molar-refractivity contribution in [1.29, 1.82) is 0 Å². The van der Waals surface area contributed by atoms with Crippen LogP contribution in [0.4, 0.5) is 0 Å². The molecule has 5 heteroatoms. The number of rotatable bonds is 5. The molecular weight excluding hydrogens is 205 g/mol. The molecule has 0 aliphatic carbocycles. The molecule has 0 radical (unpaired) electrons. The van der Waals surface area contributed by atoms with Crippen LogP contribution in [0.1, 0.15) is 27.7 Å². The van der Waals surface area contributed by atoms with Gasteiger partial charge in [-0.15, -0.1) is 0 Å². The van der Waals surface area contributed by atoms with Gasteiger partial charge in [0.15, 0.2) is 0 Å². The van der Waals surface area contributed by atoms with Crippen LogP contribution in [0.2, 0.25) is 0 Å². The zero-order chi connectivity index (χ0) is 10.6. The van der Waals surface area contributed by atoms with Crippen molar-refractivity contribution >= 4 is 18.0 Å². The SMILES string of the molecule is CC(C)N(CSP(C)(=O)O)C(C)C. The third-order valence-corrected chi connectivity index (χ3v) is 4.45. The zero-order valence-electron chi connectivity index (χ0n) is 9.02. The van der Waals surface area contributed by atoms with E-state index in [4.69, 9.17) is 4.89 Å². The van der Waals surface area contributed by atoms with Crippen LogP contribution in [-0.2, 0) is 4.57 Å². The summed E-state index contributed by atoms with van der Waals surface area (Å²) in [6, 6.07) is 0.832. The Kier molecular flexibility index (Phi) is 5.61. The molecule has 0 fully saturated rings. The molecule has 0 saturated carbocycles. The normalized spacial score (nSPS) is 17.0.